The molecule has 7 heteroatoms. The highest BCUT2D eigenvalue weighted by Gasteiger charge is 2.21. The van der Waals surface area contributed by atoms with Gasteiger partial charge in [-0.15, -0.1) is 0 Å². The van der Waals surface area contributed by atoms with Gasteiger partial charge in [-0.25, -0.2) is 0 Å². The minimum absolute atomic E-state index is 0.0660. The van der Waals surface area contributed by atoms with Gasteiger partial charge < -0.3 is 19.9 Å². The van der Waals surface area contributed by atoms with Crippen molar-refractivity contribution < 1.29 is 19.2 Å². The van der Waals surface area contributed by atoms with Crippen molar-refractivity contribution in [2.45, 2.75) is 23.6 Å². The van der Waals surface area contributed by atoms with Crippen LogP contribution in [0.4, 0.5) is 5.69 Å². The molecule has 0 spiro atoms. The van der Waals surface area contributed by atoms with Crippen molar-refractivity contribution in [1.29, 1.82) is 0 Å². The Hall–Kier alpha value is -2.35. The predicted molar refractivity (Wildman–Crippen MR) is 119 cm³/mol. The molecule has 1 fully saturated rings. The molecule has 0 aromatic heterocycles. The minimum Gasteiger partial charge on any atom is -0.378 e. The predicted octanol–water partition coefficient (Wildman–Crippen LogP) is 1.77. The molecule has 3 rings (SSSR count). The van der Waals surface area contributed by atoms with Crippen molar-refractivity contribution in [3.63, 3.8) is 0 Å². The smallest absolute Gasteiger partial charge is 0.279 e. The van der Waals surface area contributed by atoms with E-state index in [0.717, 1.165) is 15.5 Å². The van der Waals surface area contributed by atoms with E-state index in [0.29, 0.717) is 32.8 Å². The average molecular weight is 429 g/mol. The molecule has 1 aliphatic rings. The molecule has 160 valence electrons. The van der Waals surface area contributed by atoms with Gasteiger partial charge in [0.1, 0.15) is 0 Å². The van der Waals surface area contributed by atoms with Crippen molar-refractivity contribution >= 4 is 29.3 Å². The number of anilines is 1. The maximum atomic E-state index is 12.3. The second kappa shape index (κ2) is 10.6. The highest BCUT2D eigenvalue weighted by molar-refractivity contribution is 7.99. The first-order valence-corrected chi connectivity index (χ1v) is 11.0. The number of hydrogen-bond donors (Lipinski definition) is 2. The molecule has 2 amide bonds. The van der Waals surface area contributed by atoms with E-state index < -0.39 is 0 Å². The van der Waals surface area contributed by atoms with Crippen molar-refractivity contribution in [3.05, 3.63) is 53.6 Å². The summed E-state index contributed by atoms with van der Waals surface area (Å²) in [6.07, 6.45) is 0. The van der Waals surface area contributed by atoms with Crippen LogP contribution in [0.15, 0.2) is 52.3 Å². The van der Waals surface area contributed by atoms with Gasteiger partial charge in [-0.3, -0.25) is 9.59 Å². The molecule has 2 aromatic rings. The minimum atomic E-state index is -0.100. The lowest BCUT2D eigenvalue weighted by Gasteiger charge is -2.27. The molecule has 1 heterocycles. The van der Waals surface area contributed by atoms with Gasteiger partial charge in [-0.2, -0.15) is 0 Å². The Morgan fingerprint density at radius 1 is 1.00 bits per heavy atom. The highest BCUT2D eigenvalue weighted by Crippen LogP contribution is 2.29. The Bertz CT molecular complexity index is 880. The zero-order valence-electron chi connectivity index (χ0n) is 17.9. The number of benzene rings is 2. The number of aryl methyl sites for hydroxylation is 2. The monoisotopic (exact) mass is 428 g/mol. The van der Waals surface area contributed by atoms with Gasteiger partial charge in [-0.05, 0) is 61.4 Å². The van der Waals surface area contributed by atoms with Crippen LogP contribution in [0, 0.1) is 13.8 Å². The fourth-order valence-corrected chi connectivity index (χ4v) is 4.16. The zero-order chi connectivity index (χ0) is 21.5. The van der Waals surface area contributed by atoms with Crippen molar-refractivity contribution in [2.75, 3.05) is 51.8 Å². The Balaban J connectivity index is 1.46. The first kappa shape index (κ1) is 22.3. The maximum absolute atomic E-state index is 12.3. The molecule has 0 radical (unpaired) electrons. The van der Waals surface area contributed by atoms with Gasteiger partial charge in [0.25, 0.3) is 11.8 Å². The number of morpholine rings is 1. The van der Waals surface area contributed by atoms with Crippen LogP contribution in [0.2, 0.25) is 0 Å². The molecule has 6 nitrogen and oxygen atoms in total. The second-order valence-corrected chi connectivity index (χ2v) is 8.87. The van der Waals surface area contributed by atoms with Gasteiger partial charge in [0, 0.05) is 28.6 Å². The standard InChI is InChI=1S/C23H29N3O3S/c1-17-4-7-21(14-18(17)2)30-20-8-5-19(6-9-20)24-22(27)15-25(3)16-23(28)26-10-12-29-13-11-26/h4-9,14H,10-13,15-16H2,1-3H3,(H,24,27)/p+1. The summed E-state index contributed by atoms with van der Waals surface area (Å²) in [5.74, 6) is -0.0341. The molecule has 0 saturated carbocycles. The van der Waals surface area contributed by atoms with Crippen molar-refractivity contribution in [2.24, 2.45) is 0 Å². The highest BCUT2D eigenvalue weighted by atomic mass is 32.2. The molecule has 2 N–H and O–H groups in total. The SMILES string of the molecule is Cc1ccc(Sc2ccc(NC(=O)C[NH+](C)CC(=O)N3CCOCC3)cc2)cc1C. The molecule has 30 heavy (non-hydrogen) atoms. The Morgan fingerprint density at radius 2 is 1.67 bits per heavy atom. The summed E-state index contributed by atoms with van der Waals surface area (Å²) in [5.41, 5.74) is 3.33. The van der Waals surface area contributed by atoms with Crippen LogP contribution in [-0.2, 0) is 14.3 Å². The number of carbonyl (C=O) groups is 2. The van der Waals surface area contributed by atoms with Crippen molar-refractivity contribution in [3.8, 4) is 0 Å². The Kier molecular flexibility index (Phi) is 7.90. The quantitative estimate of drug-likeness (QED) is 0.706. The summed E-state index contributed by atoms with van der Waals surface area (Å²) in [4.78, 5) is 29.6. The number of carbonyl (C=O) groups excluding carboxylic acids is 2. The molecule has 0 bridgehead atoms. The van der Waals surface area contributed by atoms with Crippen LogP contribution in [0.1, 0.15) is 11.1 Å². The Morgan fingerprint density at radius 3 is 2.33 bits per heavy atom. The molecule has 1 unspecified atom stereocenters. The summed E-state index contributed by atoms with van der Waals surface area (Å²) in [7, 11) is 1.86. The number of likely N-dealkylation sites (N-methyl/N-ethyl adjacent to an activating group) is 1. The lowest BCUT2D eigenvalue weighted by atomic mass is 10.1. The maximum Gasteiger partial charge on any atom is 0.279 e. The van der Waals surface area contributed by atoms with Gasteiger partial charge in [0.05, 0.1) is 20.3 Å². The van der Waals surface area contributed by atoms with Crippen LogP contribution in [0.5, 0.6) is 0 Å². The fourth-order valence-electron chi connectivity index (χ4n) is 3.24. The molecular formula is C23H30N3O3S+. The first-order valence-electron chi connectivity index (χ1n) is 10.2. The lowest BCUT2D eigenvalue weighted by molar-refractivity contribution is -0.862. The number of ether oxygens (including phenoxy) is 1. The van der Waals surface area contributed by atoms with Crippen LogP contribution < -0.4 is 10.2 Å². The van der Waals surface area contributed by atoms with Crippen LogP contribution in [0.25, 0.3) is 0 Å². The summed E-state index contributed by atoms with van der Waals surface area (Å²) in [6.45, 7) is 7.21. The summed E-state index contributed by atoms with van der Waals surface area (Å²) in [5, 5.41) is 2.92. The number of nitrogens with zero attached hydrogens (tertiary/aromatic N) is 1. The summed E-state index contributed by atoms with van der Waals surface area (Å²) >= 11 is 1.70. The third-order valence-electron chi connectivity index (χ3n) is 5.13. The first-order chi connectivity index (χ1) is 14.4. The van der Waals surface area contributed by atoms with E-state index in [1.54, 1.807) is 16.7 Å². The third kappa shape index (κ3) is 6.58. The topological polar surface area (TPSA) is 63.1 Å². The Labute approximate surface area is 182 Å². The summed E-state index contributed by atoms with van der Waals surface area (Å²) < 4.78 is 5.27. The molecule has 1 saturated heterocycles. The number of rotatable bonds is 7. The van der Waals surface area contributed by atoms with E-state index >= 15 is 0 Å². The van der Waals surface area contributed by atoms with E-state index in [1.807, 2.05) is 31.3 Å². The van der Waals surface area contributed by atoms with Crippen LogP contribution >= 0.6 is 11.8 Å². The molecule has 0 aliphatic carbocycles. The van der Waals surface area contributed by atoms with Gasteiger partial charge in [0.15, 0.2) is 13.1 Å². The van der Waals surface area contributed by atoms with E-state index in [4.69, 9.17) is 4.74 Å². The van der Waals surface area contributed by atoms with Gasteiger partial charge >= 0.3 is 0 Å². The van der Waals surface area contributed by atoms with E-state index in [9.17, 15) is 9.59 Å². The van der Waals surface area contributed by atoms with E-state index in [2.05, 4.69) is 37.4 Å². The van der Waals surface area contributed by atoms with E-state index in [-0.39, 0.29) is 18.4 Å². The number of amides is 2. The normalized spacial score (nSPS) is 15.0. The van der Waals surface area contributed by atoms with E-state index in [1.165, 1.54) is 16.0 Å². The number of quaternary nitrogens is 1. The number of nitrogens with one attached hydrogen (secondary N) is 2. The molecule has 1 aliphatic heterocycles. The van der Waals surface area contributed by atoms with Crippen LogP contribution in [-0.4, -0.2) is 63.2 Å². The molecule has 1 atom stereocenters. The van der Waals surface area contributed by atoms with Gasteiger partial charge in [-0.1, -0.05) is 17.8 Å². The average Bonchev–Trinajstić information content (AvgIpc) is 2.72. The zero-order valence-corrected chi connectivity index (χ0v) is 18.7. The van der Waals surface area contributed by atoms with Crippen LogP contribution in [0.3, 0.4) is 0 Å². The largest absolute Gasteiger partial charge is 0.378 e. The fraction of sp³-hybridized carbons (Fsp3) is 0.391. The molecule has 2 aromatic carbocycles. The number of hydrogen-bond acceptors (Lipinski definition) is 4. The van der Waals surface area contributed by atoms with Gasteiger partial charge in [0.2, 0.25) is 0 Å². The van der Waals surface area contributed by atoms with Crippen molar-refractivity contribution in [1.82, 2.24) is 4.90 Å². The summed E-state index contributed by atoms with van der Waals surface area (Å²) in [6, 6.07) is 14.3. The molecular weight excluding hydrogens is 398 g/mol. The lowest BCUT2D eigenvalue weighted by Crippen LogP contribution is -3.11. The second-order valence-electron chi connectivity index (χ2n) is 7.72. The third-order valence-corrected chi connectivity index (χ3v) is 6.13.